The Morgan fingerprint density at radius 2 is 2.00 bits per heavy atom. The summed E-state index contributed by atoms with van der Waals surface area (Å²) in [4.78, 5) is 32.5. The Kier molecular flexibility index (Phi) is 9.20. The van der Waals surface area contributed by atoms with Gasteiger partial charge in [-0.05, 0) is 65.0 Å². The van der Waals surface area contributed by atoms with Crippen molar-refractivity contribution in [1.82, 2.24) is 24.8 Å². The number of anilines is 1. The summed E-state index contributed by atoms with van der Waals surface area (Å²) in [7, 11) is 1.75. The molecule has 0 unspecified atom stereocenters. The Balaban J connectivity index is 1.34. The Bertz CT molecular complexity index is 2080. The molecule has 0 radical (unpaired) electrons. The number of hydrogen-bond acceptors (Lipinski definition) is 9. The first-order chi connectivity index (χ1) is 24.7. The molecule has 5 heterocycles. The molecule has 274 valence electrons. The number of aliphatic hydroxyl groups is 1. The minimum absolute atomic E-state index is 0.00965. The van der Waals surface area contributed by atoms with Gasteiger partial charge in [0, 0.05) is 43.7 Å². The third kappa shape index (κ3) is 6.26. The first-order valence-corrected chi connectivity index (χ1v) is 17.7. The lowest BCUT2D eigenvalue weighted by Crippen LogP contribution is -2.52. The number of rotatable bonds is 7. The number of ether oxygens (including phenoxy) is 2. The zero-order valence-corrected chi connectivity index (χ0v) is 30.0. The van der Waals surface area contributed by atoms with Gasteiger partial charge in [0.1, 0.15) is 41.2 Å². The SMILES string of the molecule is C#Cc1c(F)ccc2cccc(-c3ncc4c(N(C)[C@@H]5CCN(C(=O)OC(C)(C)C)[C@@H]5[C@H](C)O)nc(OC[C@@]56CCCN5C[C@H](F)C6)nc4c3F)c12. The van der Waals surface area contributed by atoms with E-state index in [2.05, 4.69) is 20.8 Å². The van der Waals surface area contributed by atoms with Gasteiger partial charge in [0.15, 0.2) is 5.82 Å². The maximum absolute atomic E-state index is 17.0. The van der Waals surface area contributed by atoms with Gasteiger partial charge < -0.3 is 24.4 Å². The van der Waals surface area contributed by atoms with Gasteiger partial charge in [-0.2, -0.15) is 9.97 Å². The maximum atomic E-state index is 17.0. The van der Waals surface area contributed by atoms with Crippen LogP contribution in [0.5, 0.6) is 6.01 Å². The standard InChI is InChI=1S/C39H43F3N6O4/c1-7-25-28(41)13-12-23-10-8-11-26(30(23)25)32-31(42)33-27(19-43-32)35(45-36(44-33)51-21-39-15-9-16-47(39)20-24(40)18-39)46(6)29-14-17-48(34(29)22(2)49)37(50)52-38(3,4)5/h1,8,10-13,19,22,24,29,34,49H,9,14-18,20-21H2,2-6H3/t22-,24+,29+,34+,39-/m0/s1. The van der Waals surface area contributed by atoms with E-state index in [9.17, 15) is 18.7 Å². The summed E-state index contributed by atoms with van der Waals surface area (Å²) in [6, 6.07) is 6.69. The summed E-state index contributed by atoms with van der Waals surface area (Å²) in [6.45, 7) is 8.46. The summed E-state index contributed by atoms with van der Waals surface area (Å²) >= 11 is 0. The van der Waals surface area contributed by atoms with Crippen LogP contribution in [-0.4, -0.2) is 105 Å². The van der Waals surface area contributed by atoms with Crippen LogP contribution in [0.2, 0.25) is 0 Å². The normalized spacial score (nSPS) is 23.9. The van der Waals surface area contributed by atoms with Gasteiger partial charge in [0.05, 0.1) is 34.7 Å². The van der Waals surface area contributed by atoms with Crippen LogP contribution in [0.4, 0.5) is 23.8 Å². The highest BCUT2D eigenvalue weighted by molar-refractivity contribution is 6.02. The number of benzene rings is 2. The number of nitrogens with zero attached hydrogens (tertiary/aromatic N) is 6. The minimum atomic E-state index is -0.972. The number of aromatic nitrogens is 3. The van der Waals surface area contributed by atoms with Crippen molar-refractivity contribution in [3.8, 4) is 29.6 Å². The predicted octanol–water partition coefficient (Wildman–Crippen LogP) is 6.25. The molecule has 52 heavy (non-hydrogen) atoms. The molecule has 2 aromatic heterocycles. The van der Waals surface area contributed by atoms with Gasteiger partial charge in [0.2, 0.25) is 0 Å². The van der Waals surface area contributed by atoms with Crippen LogP contribution in [0.1, 0.15) is 58.9 Å². The minimum Gasteiger partial charge on any atom is -0.461 e. The molecule has 3 aliphatic heterocycles. The van der Waals surface area contributed by atoms with Crippen LogP contribution in [0.25, 0.3) is 32.9 Å². The van der Waals surface area contributed by atoms with Crippen LogP contribution >= 0.6 is 0 Å². The number of halogens is 3. The summed E-state index contributed by atoms with van der Waals surface area (Å²) < 4.78 is 58.5. The van der Waals surface area contributed by atoms with Crippen molar-refractivity contribution in [2.24, 2.45) is 0 Å². The van der Waals surface area contributed by atoms with E-state index < -0.39 is 53.2 Å². The van der Waals surface area contributed by atoms with Gasteiger partial charge >= 0.3 is 12.1 Å². The second kappa shape index (κ2) is 13.4. The summed E-state index contributed by atoms with van der Waals surface area (Å²) in [5.41, 5.74) is -1.16. The number of alkyl halides is 1. The lowest BCUT2D eigenvalue weighted by molar-refractivity contribution is 0.00622. The molecule has 0 spiro atoms. The molecule has 0 aliphatic carbocycles. The highest BCUT2D eigenvalue weighted by Crippen LogP contribution is 2.42. The first-order valence-electron chi connectivity index (χ1n) is 17.7. The van der Waals surface area contributed by atoms with Crippen molar-refractivity contribution in [3.05, 3.63) is 53.7 Å². The molecule has 0 bridgehead atoms. The van der Waals surface area contributed by atoms with Crippen molar-refractivity contribution in [2.45, 2.75) is 88.9 Å². The molecule has 13 heteroatoms. The van der Waals surface area contributed by atoms with E-state index in [4.69, 9.17) is 20.9 Å². The lowest BCUT2D eigenvalue weighted by Gasteiger charge is -2.36. The van der Waals surface area contributed by atoms with E-state index in [1.807, 2.05) is 0 Å². The first kappa shape index (κ1) is 35.7. The molecule has 3 saturated heterocycles. The number of pyridine rings is 1. The van der Waals surface area contributed by atoms with Gasteiger partial charge in [0.25, 0.3) is 0 Å². The molecule has 4 aromatic rings. The number of terminal acetylenes is 1. The molecule has 3 fully saturated rings. The second-order valence-corrected chi connectivity index (χ2v) is 15.2. The smallest absolute Gasteiger partial charge is 0.410 e. The van der Waals surface area contributed by atoms with Crippen LogP contribution in [-0.2, 0) is 4.74 Å². The lowest BCUT2D eigenvalue weighted by atomic mass is 9.95. The highest BCUT2D eigenvalue weighted by atomic mass is 19.1. The van der Waals surface area contributed by atoms with Crippen molar-refractivity contribution in [3.63, 3.8) is 0 Å². The summed E-state index contributed by atoms with van der Waals surface area (Å²) in [5, 5.41) is 12.2. The predicted molar refractivity (Wildman–Crippen MR) is 192 cm³/mol. The van der Waals surface area contributed by atoms with Gasteiger partial charge in [-0.3, -0.25) is 9.88 Å². The number of aliphatic hydroxyl groups excluding tert-OH is 1. The fourth-order valence-corrected chi connectivity index (χ4v) is 8.38. The molecule has 0 saturated carbocycles. The van der Waals surface area contributed by atoms with Gasteiger partial charge in [-0.25, -0.2) is 18.0 Å². The Labute approximate surface area is 300 Å². The maximum Gasteiger partial charge on any atom is 0.410 e. The fraction of sp³-hybridized carbons (Fsp3) is 0.487. The summed E-state index contributed by atoms with van der Waals surface area (Å²) in [6.07, 6.45) is 7.14. The van der Waals surface area contributed by atoms with Crippen LogP contribution in [0.15, 0.2) is 36.5 Å². The average Bonchev–Trinajstić information content (AvgIpc) is 3.79. The number of hydrogen-bond donors (Lipinski definition) is 1. The van der Waals surface area contributed by atoms with Gasteiger partial charge in [-0.15, -0.1) is 6.42 Å². The van der Waals surface area contributed by atoms with Gasteiger partial charge in [-0.1, -0.05) is 30.2 Å². The summed E-state index contributed by atoms with van der Waals surface area (Å²) in [5.74, 6) is 1.27. The third-order valence-electron chi connectivity index (χ3n) is 10.6. The monoisotopic (exact) mass is 716 g/mol. The molecular weight excluding hydrogens is 673 g/mol. The van der Waals surface area contributed by atoms with Crippen molar-refractivity contribution < 1.29 is 32.5 Å². The van der Waals surface area contributed by atoms with Crippen molar-refractivity contribution >= 4 is 33.6 Å². The highest BCUT2D eigenvalue weighted by Gasteiger charge is 2.50. The number of likely N-dealkylation sites (tertiary alicyclic amines) is 1. The van der Waals surface area contributed by atoms with E-state index in [1.54, 1.807) is 63.9 Å². The van der Waals surface area contributed by atoms with E-state index in [1.165, 1.54) is 17.2 Å². The zero-order valence-electron chi connectivity index (χ0n) is 30.0. The van der Waals surface area contributed by atoms with Crippen LogP contribution in [0, 0.1) is 24.0 Å². The topological polar surface area (TPSA) is 104 Å². The molecular formula is C39H43F3N6O4. The molecule has 1 N–H and O–H groups in total. The quantitative estimate of drug-likeness (QED) is 0.222. The molecule has 2 aromatic carbocycles. The second-order valence-electron chi connectivity index (χ2n) is 15.2. The number of carbonyl (C=O) groups excluding carboxylic acids is 1. The van der Waals surface area contributed by atoms with Crippen LogP contribution < -0.4 is 9.64 Å². The molecule has 10 nitrogen and oxygen atoms in total. The van der Waals surface area contributed by atoms with Crippen LogP contribution in [0.3, 0.4) is 0 Å². The Hall–Kier alpha value is -4.67. The largest absolute Gasteiger partial charge is 0.461 e. The molecule has 3 aliphatic rings. The zero-order chi connectivity index (χ0) is 37.1. The number of amides is 1. The third-order valence-corrected chi connectivity index (χ3v) is 10.6. The average molecular weight is 717 g/mol. The molecule has 1 amide bonds. The van der Waals surface area contributed by atoms with Crippen molar-refractivity contribution in [2.75, 3.05) is 38.2 Å². The van der Waals surface area contributed by atoms with Crippen molar-refractivity contribution in [1.29, 1.82) is 0 Å². The number of fused-ring (bicyclic) bond motifs is 3. The number of carbonyl (C=O) groups is 1. The molecule has 5 atom stereocenters. The fourth-order valence-electron chi connectivity index (χ4n) is 8.38. The van der Waals surface area contributed by atoms with E-state index in [-0.39, 0.29) is 40.6 Å². The Morgan fingerprint density at radius 3 is 2.73 bits per heavy atom. The number of likely N-dealkylation sites (N-methyl/N-ethyl adjacent to an activating group) is 1. The van der Waals surface area contributed by atoms with E-state index in [0.717, 1.165) is 19.4 Å². The van der Waals surface area contributed by atoms with E-state index >= 15 is 4.39 Å². The molecule has 7 rings (SSSR count). The Morgan fingerprint density at radius 1 is 1.21 bits per heavy atom. The van der Waals surface area contributed by atoms with E-state index in [0.29, 0.717) is 42.3 Å².